The van der Waals surface area contributed by atoms with Crippen molar-refractivity contribution in [2.45, 2.75) is 58.8 Å². The lowest BCUT2D eigenvalue weighted by Crippen LogP contribution is -2.46. The maximum Gasteiger partial charge on any atom is 0.307 e. The van der Waals surface area contributed by atoms with E-state index >= 15 is 0 Å². The van der Waals surface area contributed by atoms with Crippen LogP contribution in [0.4, 0.5) is 0 Å². The van der Waals surface area contributed by atoms with Crippen LogP contribution in [0.1, 0.15) is 58.8 Å². The van der Waals surface area contributed by atoms with Crippen molar-refractivity contribution >= 4 is 11.9 Å². The number of likely N-dealkylation sites (tertiary alicyclic amines) is 1. The summed E-state index contributed by atoms with van der Waals surface area (Å²) >= 11 is 0. The number of aliphatic carboxylic acids is 1. The molecule has 0 radical (unpaired) electrons. The maximum absolute atomic E-state index is 12.6. The average Bonchev–Trinajstić information content (AvgIpc) is 2.96. The zero-order valence-electron chi connectivity index (χ0n) is 12.7. The number of piperidine rings is 1. The number of hydrogen-bond donors (Lipinski definition) is 1. The Balaban J connectivity index is 1.96. The molecular weight excluding hydrogens is 254 g/mol. The van der Waals surface area contributed by atoms with Crippen molar-refractivity contribution in [3.05, 3.63) is 0 Å². The average molecular weight is 281 g/mol. The molecule has 2 atom stereocenters. The second-order valence-electron chi connectivity index (χ2n) is 6.51. The molecule has 4 heteroatoms. The summed E-state index contributed by atoms with van der Waals surface area (Å²) in [6.07, 6.45) is 6.76. The van der Waals surface area contributed by atoms with Gasteiger partial charge in [0.15, 0.2) is 0 Å². The zero-order chi connectivity index (χ0) is 14.8. The monoisotopic (exact) mass is 281 g/mol. The number of carboxylic acid groups (broad SMARTS) is 1. The van der Waals surface area contributed by atoms with E-state index in [1.54, 1.807) is 0 Å². The highest BCUT2D eigenvalue weighted by atomic mass is 16.4. The highest BCUT2D eigenvalue weighted by molar-refractivity contribution is 5.85. The highest BCUT2D eigenvalue weighted by Gasteiger charge is 2.41. The Bertz CT molecular complexity index is 366. The molecule has 0 aromatic rings. The van der Waals surface area contributed by atoms with Gasteiger partial charge in [-0.05, 0) is 31.1 Å². The molecule has 1 N–H and O–H groups in total. The first-order chi connectivity index (χ1) is 9.53. The predicted molar refractivity (Wildman–Crippen MR) is 77.3 cm³/mol. The molecule has 0 aromatic heterocycles. The number of amides is 1. The first-order valence-corrected chi connectivity index (χ1v) is 8.04. The molecule has 0 bridgehead atoms. The lowest BCUT2D eigenvalue weighted by Gasteiger charge is -2.42. The summed E-state index contributed by atoms with van der Waals surface area (Å²) in [7, 11) is 0. The molecule has 1 heterocycles. The van der Waals surface area contributed by atoms with Crippen LogP contribution in [-0.4, -0.2) is 35.0 Å². The van der Waals surface area contributed by atoms with Crippen LogP contribution < -0.4 is 0 Å². The van der Waals surface area contributed by atoms with Crippen molar-refractivity contribution in [1.82, 2.24) is 4.90 Å². The van der Waals surface area contributed by atoms with Crippen molar-refractivity contribution in [1.29, 1.82) is 0 Å². The Labute approximate surface area is 121 Å². The van der Waals surface area contributed by atoms with Crippen molar-refractivity contribution < 1.29 is 14.7 Å². The minimum absolute atomic E-state index is 0.0932. The van der Waals surface area contributed by atoms with Crippen molar-refractivity contribution in [3.63, 3.8) is 0 Å². The third-order valence-electron chi connectivity index (χ3n) is 5.79. The van der Waals surface area contributed by atoms with Crippen LogP contribution in [0, 0.1) is 17.3 Å². The quantitative estimate of drug-likeness (QED) is 0.862. The van der Waals surface area contributed by atoms with E-state index in [1.165, 1.54) is 12.8 Å². The number of carbonyl (C=O) groups is 2. The summed E-state index contributed by atoms with van der Waals surface area (Å²) in [5, 5.41) is 9.22. The molecule has 4 nitrogen and oxygen atoms in total. The summed E-state index contributed by atoms with van der Waals surface area (Å²) in [5.41, 5.74) is 0.401. The van der Waals surface area contributed by atoms with Gasteiger partial charge in [-0.3, -0.25) is 9.59 Å². The molecule has 1 saturated carbocycles. The molecule has 1 saturated heterocycles. The lowest BCUT2D eigenvalue weighted by atomic mass is 9.74. The van der Waals surface area contributed by atoms with Gasteiger partial charge in [0.05, 0.1) is 11.8 Å². The van der Waals surface area contributed by atoms with E-state index in [0.29, 0.717) is 11.8 Å². The van der Waals surface area contributed by atoms with Gasteiger partial charge in [0.25, 0.3) is 0 Å². The molecule has 1 amide bonds. The number of hydrogen-bond acceptors (Lipinski definition) is 2. The van der Waals surface area contributed by atoms with Crippen molar-refractivity contribution in [3.8, 4) is 0 Å². The minimum Gasteiger partial charge on any atom is -0.481 e. The summed E-state index contributed by atoms with van der Waals surface area (Å²) < 4.78 is 0. The van der Waals surface area contributed by atoms with Gasteiger partial charge >= 0.3 is 5.97 Å². The zero-order valence-corrected chi connectivity index (χ0v) is 12.7. The molecule has 0 spiro atoms. The van der Waals surface area contributed by atoms with E-state index < -0.39 is 11.9 Å². The number of rotatable bonds is 4. The van der Waals surface area contributed by atoms with Crippen LogP contribution in [0.5, 0.6) is 0 Å². The van der Waals surface area contributed by atoms with Gasteiger partial charge < -0.3 is 10.0 Å². The molecule has 1 aliphatic heterocycles. The number of nitrogens with zero attached hydrogens (tertiary/aromatic N) is 1. The van der Waals surface area contributed by atoms with E-state index in [9.17, 15) is 14.7 Å². The first-order valence-electron chi connectivity index (χ1n) is 8.04. The first kappa shape index (κ1) is 15.3. The molecule has 114 valence electrons. The van der Waals surface area contributed by atoms with E-state index in [0.717, 1.165) is 38.8 Å². The van der Waals surface area contributed by atoms with E-state index in [2.05, 4.69) is 13.8 Å². The van der Waals surface area contributed by atoms with E-state index in [-0.39, 0.29) is 11.8 Å². The second kappa shape index (κ2) is 6.15. The largest absolute Gasteiger partial charge is 0.481 e. The van der Waals surface area contributed by atoms with Gasteiger partial charge in [-0.15, -0.1) is 0 Å². The molecule has 0 aromatic carbocycles. The van der Waals surface area contributed by atoms with Gasteiger partial charge in [-0.2, -0.15) is 0 Å². The standard InChI is InChI=1S/C16H27NO3/c1-3-16(4-2)8-10-17(11-9-16)14(18)12-6-5-7-13(12)15(19)20/h12-13H,3-11H2,1-2H3,(H,19,20). The van der Waals surface area contributed by atoms with Gasteiger partial charge in [0.2, 0.25) is 5.91 Å². The van der Waals surface area contributed by atoms with Crippen LogP contribution in [0.15, 0.2) is 0 Å². The third kappa shape index (κ3) is 2.84. The summed E-state index contributed by atoms with van der Waals surface area (Å²) in [4.78, 5) is 25.7. The normalized spacial score (nSPS) is 29.4. The van der Waals surface area contributed by atoms with Crippen molar-refractivity contribution in [2.24, 2.45) is 17.3 Å². The maximum atomic E-state index is 12.6. The Morgan fingerprint density at radius 2 is 1.65 bits per heavy atom. The molecular formula is C16H27NO3. The smallest absolute Gasteiger partial charge is 0.307 e. The fourth-order valence-corrected chi connectivity index (χ4v) is 3.94. The van der Waals surface area contributed by atoms with Crippen LogP contribution in [0.2, 0.25) is 0 Å². The summed E-state index contributed by atoms with van der Waals surface area (Å²) in [6, 6.07) is 0. The Morgan fingerprint density at radius 1 is 1.10 bits per heavy atom. The Hall–Kier alpha value is -1.06. The minimum atomic E-state index is -0.797. The van der Waals surface area contributed by atoms with Gasteiger partial charge in [0.1, 0.15) is 0 Å². The van der Waals surface area contributed by atoms with Crippen LogP contribution in [0.3, 0.4) is 0 Å². The number of carboxylic acids is 1. The Morgan fingerprint density at radius 3 is 2.15 bits per heavy atom. The molecule has 20 heavy (non-hydrogen) atoms. The van der Waals surface area contributed by atoms with Crippen LogP contribution in [-0.2, 0) is 9.59 Å². The predicted octanol–water partition coefficient (Wildman–Crippen LogP) is 2.92. The SMILES string of the molecule is CCC1(CC)CCN(C(=O)C2CCCC2C(=O)O)CC1. The summed E-state index contributed by atoms with van der Waals surface area (Å²) in [6.45, 7) is 6.09. The van der Waals surface area contributed by atoms with Gasteiger partial charge in [-0.1, -0.05) is 33.1 Å². The van der Waals surface area contributed by atoms with Gasteiger partial charge in [-0.25, -0.2) is 0 Å². The third-order valence-corrected chi connectivity index (χ3v) is 5.79. The summed E-state index contributed by atoms with van der Waals surface area (Å²) in [5.74, 6) is -1.43. The van der Waals surface area contributed by atoms with E-state index in [1.807, 2.05) is 4.90 Å². The Kier molecular flexibility index (Phi) is 4.71. The molecule has 2 aliphatic rings. The van der Waals surface area contributed by atoms with Crippen molar-refractivity contribution in [2.75, 3.05) is 13.1 Å². The number of carbonyl (C=O) groups excluding carboxylic acids is 1. The van der Waals surface area contributed by atoms with Gasteiger partial charge in [0, 0.05) is 13.1 Å². The fraction of sp³-hybridized carbons (Fsp3) is 0.875. The van der Waals surface area contributed by atoms with Crippen LogP contribution in [0.25, 0.3) is 0 Å². The van der Waals surface area contributed by atoms with E-state index in [4.69, 9.17) is 0 Å². The molecule has 2 fully saturated rings. The second-order valence-corrected chi connectivity index (χ2v) is 6.51. The van der Waals surface area contributed by atoms with Crippen LogP contribution >= 0.6 is 0 Å². The highest BCUT2D eigenvalue weighted by Crippen LogP contribution is 2.40. The fourth-order valence-electron chi connectivity index (χ4n) is 3.94. The molecule has 2 rings (SSSR count). The topological polar surface area (TPSA) is 57.6 Å². The molecule has 1 aliphatic carbocycles. The molecule has 2 unspecified atom stereocenters. The lowest BCUT2D eigenvalue weighted by molar-refractivity contribution is -0.150.